The summed E-state index contributed by atoms with van der Waals surface area (Å²) in [4.78, 5) is 38.4. The zero-order valence-corrected chi connectivity index (χ0v) is 12.2. The number of anilines is 1. The number of piperazine rings is 1. The van der Waals surface area contributed by atoms with Crippen molar-refractivity contribution in [3.8, 4) is 6.07 Å². The van der Waals surface area contributed by atoms with Crippen LogP contribution in [0, 0.1) is 11.3 Å². The number of nitriles is 1. The Morgan fingerprint density at radius 3 is 2.27 bits per heavy atom. The predicted molar refractivity (Wildman–Crippen MR) is 78.6 cm³/mol. The average molecular weight is 300 g/mol. The number of benzene rings is 1. The van der Waals surface area contributed by atoms with Crippen LogP contribution in [0.1, 0.15) is 12.5 Å². The monoisotopic (exact) mass is 300 g/mol. The molecule has 0 aromatic heterocycles. The van der Waals surface area contributed by atoms with Gasteiger partial charge in [-0.15, -0.1) is 0 Å². The molecule has 0 spiro atoms. The first-order valence-corrected chi connectivity index (χ1v) is 6.88. The molecule has 7 heteroatoms. The van der Waals surface area contributed by atoms with Crippen LogP contribution in [0.4, 0.5) is 5.69 Å². The molecule has 0 saturated carbocycles. The average Bonchev–Trinajstić information content (AvgIpc) is 2.54. The summed E-state index contributed by atoms with van der Waals surface area (Å²) in [5, 5.41) is 11.4. The minimum Gasteiger partial charge on any atom is -0.339 e. The highest BCUT2D eigenvalue weighted by Crippen LogP contribution is 2.14. The van der Waals surface area contributed by atoms with E-state index < -0.39 is 11.8 Å². The van der Waals surface area contributed by atoms with Crippen molar-refractivity contribution in [1.29, 1.82) is 5.26 Å². The third kappa shape index (κ3) is 3.41. The molecule has 0 aliphatic carbocycles. The summed E-state index contributed by atoms with van der Waals surface area (Å²) >= 11 is 0. The van der Waals surface area contributed by atoms with Gasteiger partial charge in [-0.05, 0) is 12.1 Å². The third-order valence-electron chi connectivity index (χ3n) is 3.50. The highest BCUT2D eigenvalue weighted by molar-refractivity contribution is 6.39. The van der Waals surface area contributed by atoms with E-state index in [1.165, 1.54) is 11.8 Å². The fourth-order valence-electron chi connectivity index (χ4n) is 2.23. The van der Waals surface area contributed by atoms with Crippen LogP contribution in [-0.2, 0) is 14.4 Å². The van der Waals surface area contributed by atoms with E-state index in [1.807, 2.05) is 6.07 Å². The third-order valence-corrected chi connectivity index (χ3v) is 3.50. The van der Waals surface area contributed by atoms with Gasteiger partial charge in [0.25, 0.3) is 0 Å². The molecule has 22 heavy (non-hydrogen) atoms. The summed E-state index contributed by atoms with van der Waals surface area (Å²) in [6.07, 6.45) is 0. The van der Waals surface area contributed by atoms with E-state index in [-0.39, 0.29) is 5.91 Å². The normalized spacial score (nSPS) is 14.2. The zero-order valence-electron chi connectivity index (χ0n) is 12.2. The summed E-state index contributed by atoms with van der Waals surface area (Å²) in [5.41, 5.74) is 0.607. The minimum atomic E-state index is -0.779. The lowest BCUT2D eigenvalue weighted by molar-refractivity contribution is -0.145. The largest absolute Gasteiger partial charge is 0.339 e. The molecule has 1 fully saturated rings. The van der Waals surface area contributed by atoms with E-state index in [1.54, 1.807) is 29.2 Å². The first-order chi connectivity index (χ1) is 10.5. The van der Waals surface area contributed by atoms with Gasteiger partial charge < -0.3 is 15.1 Å². The van der Waals surface area contributed by atoms with Crippen LogP contribution in [0.25, 0.3) is 0 Å². The number of carbonyl (C=O) groups excluding carboxylic acids is 3. The van der Waals surface area contributed by atoms with Gasteiger partial charge >= 0.3 is 11.8 Å². The molecular formula is C15H16N4O3. The van der Waals surface area contributed by atoms with Crippen LogP contribution in [0.5, 0.6) is 0 Å². The van der Waals surface area contributed by atoms with Crippen LogP contribution in [0.15, 0.2) is 24.3 Å². The molecule has 1 aromatic rings. The van der Waals surface area contributed by atoms with Crippen molar-refractivity contribution >= 4 is 23.4 Å². The molecule has 1 aromatic carbocycles. The molecule has 0 unspecified atom stereocenters. The number of hydrogen-bond acceptors (Lipinski definition) is 4. The van der Waals surface area contributed by atoms with Gasteiger partial charge in [0.1, 0.15) is 6.07 Å². The quantitative estimate of drug-likeness (QED) is 0.749. The first-order valence-electron chi connectivity index (χ1n) is 6.88. The highest BCUT2D eigenvalue weighted by atomic mass is 16.2. The number of hydrogen-bond donors (Lipinski definition) is 1. The van der Waals surface area contributed by atoms with Crippen molar-refractivity contribution in [3.63, 3.8) is 0 Å². The summed E-state index contributed by atoms with van der Waals surface area (Å²) in [5.74, 6) is -1.48. The lowest BCUT2D eigenvalue weighted by atomic mass is 10.2. The maximum absolute atomic E-state index is 12.1. The van der Waals surface area contributed by atoms with Gasteiger partial charge in [-0.1, -0.05) is 12.1 Å². The molecular weight excluding hydrogens is 284 g/mol. The maximum atomic E-state index is 12.1. The molecule has 1 heterocycles. The Balaban J connectivity index is 1.97. The van der Waals surface area contributed by atoms with Crippen molar-refractivity contribution < 1.29 is 14.4 Å². The number of para-hydroxylation sites is 1. The number of amides is 3. The van der Waals surface area contributed by atoms with Gasteiger partial charge in [0, 0.05) is 33.1 Å². The van der Waals surface area contributed by atoms with E-state index in [0.717, 1.165) is 0 Å². The highest BCUT2D eigenvalue weighted by Gasteiger charge is 2.27. The molecule has 1 N–H and O–H groups in total. The van der Waals surface area contributed by atoms with E-state index in [0.29, 0.717) is 37.4 Å². The number of rotatable bonds is 1. The van der Waals surface area contributed by atoms with Crippen molar-refractivity contribution in [2.45, 2.75) is 6.92 Å². The number of carbonyl (C=O) groups is 3. The molecule has 114 valence electrons. The second kappa shape index (κ2) is 6.72. The maximum Gasteiger partial charge on any atom is 0.313 e. The molecule has 1 aliphatic heterocycles. The lowest BCUT2D eigenvalue weighted by Gasteiger charge is -2.33. The Hall–Kier alpha value is -2.88. The smallest absolute Gasteiger partial charge is 0.313 e. The van der Waals surface area contributed by atoms with Gasteiger partial charge in [0.15, 0.2) is 0 Å². The Labute approximate surface area is 128 Å². The van der Waals surface area contributed by atoms with E-state index in [9.17, 15) is 14.4 Å². The molecule has 1 aliphatic rings. The second-order valence-corrected chi connectivity index (χ2v) is 4.91. The Bertz CT molecular complexity index is 642. The van der Waals surface area contributed by atoms with Gasteiger partial charge in [0.05, 0.1) is 11.3 Å². The minimum absolute atomic E-state index is 0.0421. The summed E-state index contributed by atoms with van der Waals surface area (Å²) in [7, 11) is 0. The van der Waals surface area contributed by atoms with Crippen molar-refractivity contribution in [1.82, 2.24) is 9.80 Å². The standard InChI is InChI=1S/C15H16N4O3/c1-11(20)18-6-8-19(9-7-18)15(22)14(21)17-13-5-3-2-4-12(13)10-16/h2-5H,6-9H2,1H3,(H,17,21). The molecule has 1 saturated heterocycles. The molecule has 0 atom stereocenters. The van der Waals surface area contributed by atoms with Crippen LogP contribution < -0.4 is 5.32 Å². The zero-order chi connectivity index (χ0) is 16.1. The van der Waals surface area contributed by atoms with Gasteiger partial charge in [-0.3, -0.25) is 14.4 Å². The van der Waals surface area contributed by atoms with Crippen LogP contribution in [0.3, 0.4) is 0 Å². The predicted octanol–water partition coefficient (Wildman–Crippen LogP) is 0.187. The second-order valence-electron chi connectivity index (χ2n) is 4.91. The van der Waals surface area contributed by atoms with E-state index in [2.05, 4.69) is 5.32 Å². The number of nitrogens with zero attached hydrogens (tertiary/aromatic N) is 3. The lowest BCUT2D eigenvalue weighted by Crippen LogP contribution is -2.52. The summed E-state index contributed by atoms with van der Waals surface area (Å²) < 4.78 is 0. The fourth-order valence-corrected chi connectivity index (χ4v) is 2.23. The Morgan fingerprint density at radius 2 is 1.68 bits per heavy atom. The first kappa shape index (κ1) is 15.5. The van der Waals surface area contributed by atoms with E-state index >= 15 is 0 Å². The van der Waals surface area contributed by atoms with Gasteiger partial charge in [0.2, 0.25) is 5.91 Å². The number of nitrogens with one attached hydrogen (secondary N) is 1. The fraction of sp³-hybridized carbons (Fsp3) is 0.333. The molecule has 2 rings (SSSR count). The summed E-state index contributed by atoms with van der Waals surface area (Å²) in [6, 6.07) is 8.43. The molecule has 0 bridgehead atoms. The Morgan fingerprint density at radius 1 is 1.09 bits per heavy atom. The van der Waals surface area contributed by atoms with Crippen LogP contribution >= 0.6 is 0 Å². The Kier molecular flexibility index (Phi) is 4.73. The molecule has 3 amide bonds. The van der Waals surface area contributed by atoms with Gasteiger partial charge in [-0.2, -0.15) is 5.26 Å². The molecule has 7 nitrogen and oxygen atoms in total. The molecule has 0 radical (unpaired) electrons. The van der Waals surface area contributed by atoms with Crippen molar-refractivity contribution in [2.24, 2.45) is 0 Å². The van der Waals surface area contributed by atoms with Crippen molar-refractivity contribution in [3.05, 3.63) is 29.8 Å². The van der Waals surface area contributed by atoms with Crippen LogP contribution in [-0.4, -0.2) is 53.7 Å². The SMILES string of the molecule is CC(=O)N1CCN(C(=O)C(=O)Nc2ccccc2C#N)CC1. The summed E-state index contributed by atoms with van der Waals surface area (Å²) in [6.45, 7) is 2.97. The van der Waals surface area contributed by atoms with Crippen LogP contribution in [0.2, 0.25) is 0 Å². The topological polar surface area (TPSA) is 93.5 Å². The van der Waals surface area contributed by atoms with Gasteiger partial charge in [-0.25, -0.2) is 0 Å². The van der Waals surface area contributed by atoms with E-state index in [4.69, 9.17) is 5.26 Å². The van der Waals surface area contributed by atoms with Crippen molar-refractivity contribution in [2.75, 3.05) is 31.5 Å².